The van der Waals surface area contributed by atoms with E-state index in [1.54, 1.807) is 26.4 Å². The number of benzene rings is 2. The third-order valence-corrected chi connectivity index (χ3v) is 4.92. The van der Waals surface area contributed by atoms with Crippen LogP contribution in [0.15, 0.2) is 39.5 Å². The Bertz CT molecular complexity index is 1070. The Morgan fingerprint density at radius 3 is 2.52 bits per heavy atom. The number of halogens is 2. The summed E-state index contributed by atoms with van der Waals surface area (Å²) in [5.41, 5.74) is 2.09. The Hall–Kier alpha value is -2.41. The average Bonchev–Trinajstić information content (AvgIpc) is 2.70. The van der Waals surface area contributed by atoms with Crippen LogP contribution in [0.25, 0.3) is 11.0 Å². The minimum Gasteiger partial charge on any atom is -0.506 e. The van der Waals surface area contributed by atoms with Gasteiger partial charge in [0, 0.05) is 36.2 Å². The van der Waals surface area contributed by atoms with Crippen LogP contribution in [0.4, 0.5) is 0 Å². The van der Waals surface area contributed by atoms with Crippen molar-refractivity contribution < 1.29 is 19.0 Å². The van der Waals surface area contributed by atoms with E-state index in [-0.39, 0.29) is 29.7 Å². The zero-order valence-corrected chi connectivity index (χ0v) is 17.9. The molecular weight excluding hydrogens is 417 g/mol. The van der Waals surface area contributed by atoms with E-state index >= 15 is 0 Å². The molecule has 0 saturated carbocycles. The van der Waals surface area contributed by atoms with E-state index in [0.29, 0.717) is 35.6 Å². The summed E-state index contributed by atoms with van der Waals surface area (Å²) in [4.78, 5) is 11.9. The smallest absolute Gasteiger partial charge is 0.336 e. The quantitative estimate of drug-likeness (QED) is 0.529. The third-order valence-electron chi connectivity index (χ3n) is 4.63. The number of rotatable bonds is 7. The highest BCUT2D eigenvalue weighted by atomic mass is 35.5. The maximum Gasteiger partial charge on any atom is 0.336 e. The number of nitrogens with one attached hydrogen (secondary N) is 1. The van der Waals surface area contributed by atoms with Crippen molar-refractivity contribution in [3.63, 3.8) is 0 Å². The lowest BCUT2D eigenvalue weighted by molar-refractivity contribution is 0.389. The molecule has 156 valence electrons. The molecular formula is C21H23Cl2NO5. The molecule has 3 rings (SSSR count). The number of phenolic OH excluding ortho intramolecular Hbond substituents is 1. The van der Waals surface area contributed by atoms with E-state index in [1.165, 1.54) is 6.07 Å². The average molecular weight is 440 g/mol. The van der Waals surface area contributed by atoms with E-state index in [1.807, 2.05) is 19.1 Å². The minimum absolute atomic E-state index is 0. The molecule has 0 unspecified atom stereocenters. The molecule has 0 spiro atoms. The first kappa shape index (κ1) is 22.9. The van der Waals surface area contributed by atoms with Gasteiger partial charge in [-0.15, -0.1) is 12.4 Å². The molecule has 0 amide bonds. The summed E-state index contributed by atoms with van der Waals surface area (Å²) in [6, 6.07) is 8.63. The molecule has 1 aromatic heterocycles. The fraction of sp³-hybridized carbons (Fsp3) is 0.286. The Kier molecular flexibility index (Phi) is 7.79. The molecule has 1 heterocycles. The number of ether oxygens (including phenoxy) is 2. The largest absolute Gasteiger partial charge is 0.506 e. The van der Waals surface area contributed by atoms with Crippen molar-refractivity contribution in [2.75, 3.05) is 14.2 Å². The highest BCUT2D eigenvalue weighted by Gasteiger charge is 2.17. The van der Waals surface area contributed by atoms with Gasteiger partial charge in [-0.25, -0.2) is 4.79 Å². The number of methoxy groups -OCH3 is 2. The molecule has 2 aromatic carbocycles. The molecule has 0 bridgehead atoms. The van der Waals surface area contributed by atoms with Crippen LogP contribution in [0.1, 0.15) is 23.6 Å². The van der Waals surface area contributed by atoms with Gasteiger partial charge in [-0.1, -0.05) is 24.6 Å². The third kappa shape index (κ3) is 4.78. The summed E-state index contributed by atoms with van der Waals surface area (Å²) < 4.78 is 16.0. The monoisotopic (exact) mass is 439 g/mol. The molecule has 0 aliphatic heterocycles. The molecule has 3 aromatic rings. The van der Waals surface area contributed by atoms with E-state index in [2.05, 4.69) is 5.32 Å². The fourth-order valence-corrected chi connectivity index (χ4v) is 3.38. The van der Waals surface area contributed by atoms with Gasteiger partial charge in [0.05, 0.1) is 24.8 Å². The summed E-state index contributed by atoms with van der Waals surface area (Å²) in [6.07, 6.45) is 0.652. The van der Waals surface area contributed by atoms with Gasteiger partial charge >= 0.3 is 5.63 Å². The lowest BCUT2D eigenvalue weighted by atomic mass is 10.0. The lowest BCUT2D eigenvalue weighted by Gasteiger charge is -2.14. The van der Waals surface area contributed by atoms with Gasteiger partial charge in [0.2, 0.25) is 0 Å². The number of hydrogen-bond acceptors (Lipinski definition) is 6. The molecule has 0 saturated heterocycles. The standard InChI is InChI=1S/C21H22ClNO5.ClH/c1-4-12-7-19(24)28-21-15(12)9-17(22)20(25)16(21)11-23-10-13-5-6-14(26-2)8-18(13)27-3;/h5-9,23,25H,4,10-11H2,1-3H3;1H. The van der Waals surface area contributed by atoms with Crippen LogP contribution in [0, 0.1) is 0 Å². The Morgan fingerprint density at radius 1 is 1.10 bits per heavy atom. The number of hydrogen-bond donors (Lipinski definition) is 2. The Balaban J connectivity index is 0.00000300. The highest BCUT2D eigenvalue weighted by molar-refractivity contribution is 6.33. The van der Waals surface area contributed by atoms with Crippen molar-refractivity contribution in [2.24, 2.45) is 0 Å². The fourth-order valence-electron chi connectivity index (χ4n) is 3.16. The molecule has 0 fully saturated rings. The molecule has 29 heavy (non-hydrogen) atoms. The summed E-state index contributed by atoms with van der Waals surface area (Å²) in [6.45, 7) is 2.68. The van der Waals surface area contributed by atoms with Crippen LogP contribution < -0.4 is 20.4 Å². The van der Waals surface area contributed by atoms with E-state index in [9.17, 15) is 9.90 Å². The lowest BCUT2D eigenvalue weighted by Crippen LogP contribution is -2.14. The predicted molar refractivity (Wildman–Crippen MR) is 116 cm³/mol. The number of aryl methyl sites for hydroxylation is 1. The van der Waals surface area contributed by atoms with Gasteiger partial charge in [-0.05, 0) is 24.1 Å². The SMILES string of the molecule is CCc1cc(=O)oc2c(CNCc3ccc(OC)cc3OC)c(O)c(Cl)cc12.Cl. The van der Waals surface area contributed by atoms with Crippen molar-refractivity contribution in [3.05, 3.63) is 62.5 Å². The molecule has 0 radical (unpaired) electrons. The van der Waals surface area contributed by atoms with Crippen LogP contribution in [-0.2, 0) is 19.5 Å². The van der Waals surface area contributed by atoms with Crippen molar-refractivity contribution in [2.45, 2.75) is 26.4 Å². The molecule has 2 N–H and O–H groups in total. The van der Waals surface area contributed by atoms with Crippen molar-refractivity contribution in [3.8, 4) is 17.2 Å². The number of phenols is 1. The first-order valence-electron chi connectivity index (χ1n) is 8.87. The van der Waals surface area contributed by atoms with Crippen molar-refractivity contribution in [1.29, 1.82) is 0 Å². The molecule has 0 atom stereocenters. The summed E-state index contributed by atoms with van der Waals surface area (Å²) >= 11 is 6.21. The predicted octanol–water partition coefficient (Wildman–Crippen LogP) is 4.44. The zero-order chi connectivity index (χ0) is 20.3. The summed E-state index contributed by atoms with van der Waals surface area (Å²) in [5.74, 6) is 1.29. The van der Waals surface area contributed by atoms with Crippen LogP contribution in [0.5, 0.6) is 17.2 Å². The second-order valence-electron chi connectivity index (χ2n) is 6.29. The molecule has 0 aliphatic carbocycles. The van der Waals surface area contributed by atoms with Crippen LogP contribution in [0.2, 0.25) is 5.02 Å². The first-order valence-corrected chi connectivity index (χ1v) is 9.25. The van der Waals surface area contributed by atoms with Crippen molar-refractivity contribution in [1.82, 2.24) is 5.32 Å². The van der Waals surface area contributed by atoms with Gasteiger partial charge in [-0.2, -0.15) is 0 Å². The molecule has 0 aliphatic rings. The van der Waals surface area contributed by atoms with Crippen LogP contribution in [0.3, 0.4) is 0 Å². The van der Waals surface area contributed by atoms with Crippen molar-refractivity contribution >= 4 is 35.0 Å². The second-order valence-corrected chi connectivity index (χ2v) is 6.69. The number of aromatic hydroxyl groups is 1. The van der Waals surface area contributed by atoms with E-state index in [4.69, 9.17) is 25.5 Å². The molecule has 8 heteroatoms. The zero-order valence-electron chi connectivity index (χ0n) is 16.4. The maximum absolute atomic E-state index is 11.9. The van der Waals surface area contributed by atoms with Gasteiger partial charge in [0.15, 0.2) is 0 Å². The van der Waals surface area contributed by atoms with Gasteiger partial charge in [0.25, 0.3) is 0 Å². The van der Waals surface area contributed by atoms with E-state index < -0.39 is 5.63 Å². The van der Waals surface area contributed by atoms with Gasteiger partial charge in [-0.3, -0.25) is 0 Å². The Labute approximate surface area is 179 Å². The van der Waals surface area contributed by atoms with Crippen LogP contribution in [-0.4, -0.2) is 19.3 Å². The topological polar surface area (TPSA) is 80.9 Å². The molecule has 6 nitrogen and oxygen atoms in total. The number of fused-ring (bicyclic) bond motifs is 1. The summed E-state index contributed by atoms with van der Waals surface area (Å²) in [5, 5.41) is 14.6. The first-order chi connectivity index (χ1) is 13.5. The highest BCUT2D eigenvalue weighted by Crippen LogP contribution is 2.35. The van der Waals surface area contributed by atoms with Gasteiger partial charge < -0.3 is 24.3 Å². The van der Waals surface area contributed by atoms with Crippen LogP contribution >= 0.6 is 24.0 Å². The minimum atomic E-state index is -0.454. The van der Waals surface area contributed by atoms with E-state index in [0.717, 1.165) is 16.5 Å². The second kappa shape index (κ2) is 9.87. The summed E-state index contributed by atoms with van der Waals surface area (Å²) in [7, 11) is 3.19. The normalized spacial score (nSPS) is 10.6. The Morgan fingerprint density at radius 2 is 1.86 bits per heavy atom. The maximum atomic E-state index is 11.9. The van der Waals surface area contributed by atoms with Gasteiger partial charge in [0.1, 0.15) is 22.8 Å².